The molecule has 1 aromatic carbocycles. The summed E-state index contributed by atoms with van der Waals surface area (Å²) in [6.45, 7) is 6.64. The zero-order valence-electron chi connectivity index (χ0n) is 24.0. The third kappa shape index (κ3) is 8.78. The van der Waals surface area contributed by atoms with E-state index in [1.54, 1.807) is 51.7 Å². The molecule has 0 radical (unpaired) electrons. The molecule has 4 rings (SSSR count). The molecule has 1 atom stereocenters. The summed E-state index contributed by atoms with van der Waals surface area (Å²) in [5.41, 5.74) is 6.37. The average molecular weight is 598 g/mol. The fraction of sp³-hybridized carbons (Fsp3) is 0.370. The van der Waals surface area contributed by atoms with Crippen molar-refractivity contribution in [2.75, 3.05) is 33.6 Å². The molecule has 0 fully saturated rings. The summed E-state index contributed by atoms with van der Waals surface area (Å²) in [4.78, 5) is 22.8. The van der Waals surface area contributed by atoms with Crippen molar-refractivity contribution in [1.82, 2.24) is 35.6 Å². The van der Waals surface area contributed by atoms with Crippen LogP contribution in [0.1, 0.15) is 28.2 Å². The minimum atomic E-state index is -1.33. The second-order valence-electron chi connectivity index (χ2n) is 8.73. The Kier molecular flexibility index (Phi) is 12.1. The number of nitrogens with one attached hydrogen (secondary N) is 4. The number of ether oxygens (including phenoxy) is 2. The van der Waals surface area contributed by atoms with Crippen LogP contribution in [0.3, 0.4) is 0 Å². The molecular formula is C27H35N9O3S2. The van der Waals surface area contributed by atoms with Crippen LogP contribution < -0.4 is 20.1 Å². The molecule has 4 N–H and O–H groups in total. The Morgan fingerprint density at radius 3 is 2.66 bits per heavy atom. The van der Waals surface area contributed by atoms with E-state index in [9.17, 15) is 4.55 Å². The molecule has 3 heterocycles. The summed E-state index contributed by atoms with van der Waals surface area (Å²) in [7, 11) is 4.96. The molecular weight excluding hydrogens is 562 g/mol. The van der Waals surface area contributed by atoms with E-state index in [1.165, 1.54) is 0 Å². The van der Waals surface area contributed by atoms with Crippen LogP contribution in [-0.4, -0.2) is 69.0 Å². The van der Waals surface area contributed by atoms with Crippen LogP contribution in [-0.2, 0) is 22.7 Å². The largest absolute Gasteiger partial charge is 0.609 e. The molecule has 14 heteroatoms. The van der Waals surface area contributed by atoms with E-state index in [0.29, 0.717) is 16.9 Å². The number of aromatic nitrogens is 5. The molecule has 0 bridgehead atoms. The van der Waals surface area contributed by atoms with Crippen molar-refractivity contribution in [2.45, 2.75) is 37.4 Å². The van der Waals surface area contributed by atoms with Gasteiger partial charge in [0.05, 0.1) is 43.0 Å². The monoisotopic (exact) mass is 597 g/mol. The molecule has 0 amide bonds. The highest BCUT2D eigenvalue weighted by Gasteiger charge is 2.21. The van der Waals surface area contributed by atoms with Crippen molar-refractivity contribution in [3.05, 3.63) is 58.9 Å². The van der Waals surface area contributed by atoms with Gasteiger partial charge in [-0.3, -0.25) is 9.97 Å². The second-order valence-corrected chi connectivity index (χ2v) is 11.2. The van der Waals surface area contributed by atoms with Gasteiger partial charge in [0.15, 0.2) is 5.75 Å². The maximum Gasteiger partial charge on any atom is 0.322 e. The molecule has 1 unspecified atom stereocenters. The molecule has 0 aliphatic carbocycles. The van der Waals surface area contributed by atoms with Gasteiger partial charge in [-0.05, 0) is 32.9 Å². The number of guanidine groups is 1. The number of thioether (sulfide) groups is 1. The standard InChI is InChI=1S/C17H19N3O3S.C10H16N6S/c1-10-8-18-15(11(2)16(10)23-4)9-24(21)17-19-13-6-5-12(22-3)7-14(13)20-17;1-8-9(16-7-15-8)5-17-4-3-13-10(12-2)14-6-11/h5-8H,9H2,1-4H3,(H,19,20);7H,3-5H2,1-2H3,(H,15,16)(H2,12,13,14). The van der Waals surface area contributed by atoms with E-state index in [4.69, 9.17) is 14.7 Å². The van der Waals surface area contributed by atoms with Gasteiger partial charge in [-0.15, -0.1) is 4.99 Å². The number of hydrogen-bond acceptors (Lipinski definition) is 9. The smallest absolute Gasteiger partial charge is 0.322 e. The zero-order valence-corrected chi connectivity index (χ0v) is 25.6. The van der Waals surface area contributed by atoms with E-state index in [0.717, 1.165) is 63.0 Å². The lowest BCUT2D eigenvalue weighted by atomic mass is 10.1. The number of imidazole rings is 2. The lowest BCUT2D eigenvalue weighted by Gasteiger charge is -2.13. The van der Waals surface area contributed by atoms with Crippen molar-refractivity contribution >= 4 is 39.9 Å². The number of benzene rings is 1. The molecule has 12 nitrogen and oxygen atoms in total. The normalized spacial score (nSPS) is 11.8. The molecule has 0 spiro atoms. The number of nitriles is 1. The van der Waals surface area contributed by atoms with Crippen LogP contribution in [0.2, 0.25) is 0 Å². The van der Waals surface area contributed by atoms with E-state index < -0.39 is 11.2 Å². The number of methoxy groups -OCH3 is 2. The van der Waals surface area contributed by atoms with E-state index in [-0.39, 0.29) is 5.75 Å². The van der Waals surface area contributed by atoms with Crippen molar-refractivity contribution in [3.8, 4) is 17.7 Å². The molecule has 0 saturated carbocycles. The molecule has 3 aromatic heterocycles. The quantitative estimate of drug-likeness (QED) is 0.0697. The summed E-state index contributed by atoms with van der Waals surface area (Å²) < 4.78 is 23.3. The molecule has 0 aliphatic heterocycles. The Bertz CT molecular complexity index is 1500. The predicted molar refractivity (Wildman–Crippen MR) is 163 cm³/mol. The molecule has 218 valence electrons. The zero-order chi connectivity index (χ0) is 29.8. The van der Waals surface area contributed by atoms with Gasteiger partial charge in [0.2, 0.25) is 12.2 Å². The Morgan fingerprint density at radius 2 is 2.00 bits per heavy atom. The number of aromatic amines is 2. The molecule has 0 saturated heterocycles. The fourth-order valence-electron chi connectivity index (χ4n) is 3.78. The minimum absolute atomic E-state index is 0.277. The van der Waals surface area contributed by atoms with Crippen LogP contribution >= 0.6 is 11.8 Å². The summed E-state index contributed by atoms with van der Waals surface area (Å²) in [5.74, 6) is 4.10. The van der Waals surface area contributed by atoms with E-state index in [1.807, 2.05) is 39.0 Å². The highest BCUT2D eigenvalue weighted by molar-refractivity contribution is 7.98. The van der Waals surface area contributed by atoms with Crippen LogP contribution in [0.25, 0.3) is 11.0 Å². The van der Waals surface area contributed by atoms with Crippen molar-refractivity contribution < 1.29 is 14.0 Å². The number of nitrogens with zero attached hydrogens (tertiary/aromatic N) is 5. The number of aryl methyl sites for hydroxylation is 2. The first-order valence-corrected chi connectivity index (χ1v) is 15.1. The highest BCUT2D eigenvalue weighted by atomic mass is 32.2. The number of aliphatic imine (C=N–C) groups is 1. The number of H-pyrrole nitrogens is 2. The van der Waals surface area contributed by atoms with Gasteiger partial charge in [-0.2, -0.15) is 22.0 Å². The SMILES string of the molecule is CN/C(=N/C#N)NCCSCc1nc[nH]c1C.COc1ccc2[nH]c([S+]([O-])Cc3ncc(C)c(OC)c3C)nc2c1. The topological polar surface area (TPSA) is 172 Å². The predicted octanol–water partition coefficient (Wildman–Crippen LogP) is 3.50. The van der Waals surface area contributed by atoms with Gasteiger partial charge in [-0.25, -0.2) is 4.98 Å². The first-order valence-electron chi connectivity index (χ1n) is 12.7. The Morgan fingerprint density at radius 1 is 1.20 bits per heavy atom. The van der Waals surface area contributed by atoms with Crippen molar-refractivity contribution in [2.24, 2.45) is 4.99 Å². The highest BCUT2D eigenvalue weighted by Crippen LogP contribution is 2.27. The summed E-state index contributed by atoms with van der Waals surface area (Å²) in [6, 6.07) is 5.51. The van der Waals surface area contributed by atoms with Crippen LogP contribution in [0.5, 0.6) is 11.5 Å². The van der Waals surface area contributed by atoms with Crippen molar-refractivity contribution in [1.29, 1.82) is 5.26 Å². The summed E-state index contributed by atoms with van der Waals surface area (Å²) in [6.07, 6.45) is 5.18. The summed E-state index contributed by atoms with van der Waals surface area (Å²) >= 11 is 0.457. The van der Waals surface area contributed by atoms with Gasteiger partial charge in [0, 0.05) is 65.4 Å². The number of rotatable bonds is 10. The summed E-state index contributed by atoms with van der Waals surface area (Å²) in [5, 5.41) is 14.7. The molecule has 4 aromatic rings. The van der Waals surface area contributed by atoms with Crippen LogP contribution in [0.15, 0.2) is 40.9 Å². The average Bonchev–Trinajstić information content (AvgIpc) is 3.59. The Balaban J connectivity index is 0.000000241. The van der Waals surface area contributed by atoms with Gasteiger partial charge < -0.3 is 29.6 Å². The first kappa shape index (κ1) is 31.6. The fourth-order valence-corrected chi connectivity index (χ4v) is 5.76. The van der Waals surface area contributed by atoms with Gasteiger partial charge in [-0.1, -0.05) is 0 Å². The third-order valence-corrected chi connectivity index (χ3v) is 8.14. The van der Waals surface area contributed by atoms with E-state index >= 15 is 0 Å². The van der Waals surface area contributed by atoms with Gasteiger partial charge >= 0.3 is 5.16 Å². The van der Waals surface area contributed by atoms with Gasteiger partial charge in [0.25, 0.3) is 0 Å². The maximum absolute atomic E-state index is 12.7. The lowest BCUT2D eigenvalue weighted by Crippen LogP contribution is -2.35. The number of pyridine rings is 1. The van der Waals surface area contributed by atoms with Crippen LogP contribution in [0, 0.1) is 32.2 Å². The maximum atomic E-state index is 12.7. The second kappa shape index (κ2) is 15.8. The number of hydrogen-bond donors (Lipinski definition) is 4. The minimum Gasteiger partial charge on any atom is -0.609 e. The first-order chi connectivity index (χ1) is 19.8. The Hall–Kier alpha value is -3.93. The van der Waals surface area contributed by atoms with E-state index in [2.05, 4.69) is 40.5 Å². The van der Waals surface area contributed by atoms with Crippen molar-refractivity contribution in [3.63, 3.8) is 0 Å². The third-order valence-electron chi connectivity index (χ3n) is 6.01. The lowest BCUT2D eigenvalue weighted by molar-refractivity contribution is 0.407. The molecule has 0 aliphatic rings. The number of fused-ring (bicyclic) bond motifs is 1. The Labute approximate surface area is 247 Å². The van der Waals surface area contributed by atoms with Gasteiger partial charge in [0.1, 0.15) is 11.5 Å². The molecule has 41 heavy (non-hydrogen) atoms. The van der Waals surface area contributed by atoms with Crippen LogP contribution in [0.4, 0.5) is 0 Å².